The van der Waals surface area contributed by atoms with Crippen molar-refractivity contribution in [3.63, 3.8) is 0 Å². The molecule has 4 aromatic carbocycles. The zero-order valence-electron chi connectivity index (χ0n) is 25.7. The average molecular weight is 655 g/mol. The number of rotatable bonds is 8. The van der Waals surface area contributed by atoms with E-state index < -0.39 is 17.6 Å². The molecule has 2 aliphatic rings. The first-order valence-electron chi connectivity index (χ1n) is 15.0. The van der Waals surface area contributed by atoms with Crippen LogP contribution in [-0.2, 0) is 32.2 Å². The van der Waals surface area contributed by atoms with Gasteiger partial charge in [-0.15, -0.1) is 0 Å². The molecule has 4 aromatic rings. The van der Waals surface area contributed by atoms with Crippen LogP contribution in [0.15, 0.2) is 126 Å². The smallest absolute Gasteiger partial charge is 0.340 e. The SMILES string of the molecule is CCOC(=O)C1=CN(c2ccccc2)/C(=C(\C)C(=O)OC)C12N(Cc1ccc(Cl)cc1)c1ccccc1N2Cc1ccc(Cl)cc1. The number of ether oxygens (including phenoxy) is 2. The fraction of sp³-hybridized carbons (Fsp3) is 0.189. The zero-order valence-corrected chi connectivity index (χ0v) is 27.3. The van der Waals surface area contributed by atoms with Crippen molar-refractivity contribution in [1.29, 1.82) is 0 Å². The molecule has 0 atom stereocenters. The van der Waals surface area contributed by atoms with Gasteiger partial charge in [-0.2, -0.15) is 0 Å². The molecule has 0 N–H and O–H groups in total. The van der Waals surface area contributed by atoms with E-state index in [1.54, 1.807) is 20.0 Å². The monoisotopic (exact) mass is 653 g/mol. The summed E-state index contributed by atoms with van der Waals surface area (Å²) < 4.78 is 11.1. The van der Waals surface area contributed by atoms with Crippen LogP contribution in [0.25, 0.3) is 0 Å². The van der Waals surface area contributed by atoms with Crippen molar-refractivity contribution in [3.8, 4) is 0 Å². The molecule has 0 unspecified atom stereocenters. The lowest BCUT2D eigenvalue weighted by Gasteiger charge is -2.46. The minimum atomic E-state index is -1.34. The molecule has 0 aromatic heterocycles. The highest BCUT2D eigenvalue weighted by Gasteiger charge is 2.62. The average Bonchev–Trinajstić information content (AvgIpc) is 3.56. The Labute approximate surface area is 278 Å². The maximum absolute atomic E-state index is 14.3. The van der Waals surface area contributed by atoms with Gasteiger partial charge >= 0.3 is 11.9 Å². The van der Waals surface area contributed by atoms with Gasteiger partial charge < -0.3 is 24.2 Å². The number of carbonyl (C=O) groups is 2. The quantitative estimate of drug-likeness (QED) is 0.141. The Kier molecular flexibility index (Phi) is 8.80. The summed E-state index contributed by atoms with van der Waals surface area (Å²) in [5, 5.41) is 1.24. The van der Waals surface area contributed by atoms with Gasteiger partial charge in [-0.1, -0.05) is 77.8 Å². The predicted octanol–water partition coefficient (Wildman–Crippen LogP) is 8.13. The summed E-state index contributed by atoms with van der Waals surface area (Å²) in [4.78, 5) is 34.1. The summed E-state index contributed by atoms with van der Waals surface area (Å²) in [6.45, 7) is 4.45. The minimum Gasteiger partial charge on any atom is -0.466 e. The molecule has 0 saturated carbocycles. The van der Waals surface area contributed by atoms with Crippen LogP contribution in [-0.4, -0.2) is 31.3 Å². The Morgan fingerprint density at radius 1 is 0.739 bits per heavy atom. The molecule has 7 nitrogen and oxygen atoms in total. The highest BCUT2D eigenvalue weighted by Crippen LogP contribution is 2.57. The van der Waals surface area contributed by atoms with Crippen LogP contribution >= 0.6 is 23.2 Å². The first-order chi connectivity index (χ1) is 22.3. The molecule has 0 fully saturated rings. The van der Waals surface area contributed by atoms with Gasteiger partial charge in [0, 0.05) is 35.0 Å². The lowest BCUT2D eigenvalue weighted by molar-refractivity contribution is -0.139. The van der Waals surface area contributed by atoms with Crippen molar-refractivity contribution in [1.82, 2.24) is 0 Å². The summed E-state index contributed by atoms with van der Waals surface area (Å²) in [6.07, 6.45) is 1.80. The molecular weight excluding hydrogens is 621 g/mol. The Morgan fingerprint density at radius 3 is 1.72 bits per heavy atom. The number of nitrogens with zero attached hydrogens (tertiary/aromatic N) is 3. The van der Waals surface area contributed by atoms with Crippen LogP contribution < -0.4 is 14.7 Å². The van der Waals surface area contributed by atoms with Gasteiger partial charge in [0.2, 0.25) is 0 Å². The number of hydrogen-bond donors (Lipinski definition) is 0. The summed E-state index contributed by atoms with van der Waals surface area (Å²) in [5.74, 6) is -1.01. The largest absolute Gasteiger partial charge is 0.466 e. The third-order valence-electron chi connectivity index (χ3n) is 8.33. The van der Waals surface area contributed by atoms with E-state index >= 15 is 0 Å². The van der Waals surface area contributed by atoms with Crippen molar-refractivity contribution in [2.24, 2.45) is 0 Å². The number of methoxy groups -OCH3 is 1. The van der Waals surface area contributed by atoms with Gasteiger partial charge in [0.1, 0.15) is 5.57 Å². The summed E-state index contributed by atoms with van der Waals surface area (Å²) in [6, 6.07) is 32.9. The van der Waals surface area contributed by atoms with E-state index in [0.717, 1.165) is 28.2 Å². The second-order valence-electron chi connectivity index (χ2n) is 11.0. The van der Waals surface area contributed by atoms with Gasteiger partial charge in [-0.05, 0) is 73.5 Å². The molecule has 6 rings (SSSR count). The molecule has 234 valence electrons. The molecule has 46 heavy (non-hydrogen) atoms. The number of benzene rings is 4. The zero-order chi connectivity index (χ0) is 32.4. The Morgan fingerprint density at radius 2 is 1.24 bits per heavy atom. The molecule has 0 bridgehead atoms. The topological polar surface area (TPSA) is 62.3 Å². The first-order valence-corrected chi connectivity index (χ1v) is 15.7. The number of fused-ring (bicyclic) bond motifs is 1. The van der Waals surface area contributed by atoms with Crippen molar-refractivity contribution in [3.05, 3.63) is 147 Å². The third kappa shape index (κ3) is 5.40. The summed E-state index contributed by atoms with van der Waals surface area (Å²) in [5.41, 5.74) is 4.38. The molecule has 0 radical (unpaired) electrons. The lowest BCUT2D eigenvalue weighted by Crippen LogP contribution is -2.61. The van der Waals surface area contributed by atoms with E-state index in [1.807, 2.05) is 108 Å². The second-order valence-corrected chi connectivity index (χ2v) is 11.9. The van der Waals surface area contributed by atoms with Gasteiger partial charge in [-0.25, -0.2) is 9.59 Å². The second kappa shape index (κ2) is 12.9. The van der Waals surface area contributed by atoms with E-state index in [2.05, 4.69) is 9.80 Å². The number of para-hydroxylation sites is 3. The number of carbonyl (C=O) groups excluding carboxylic acids is 2. The first kappa shape index (κ1) is 31.3. The maximum atomic E-state index is 14.3. The Bertz CT molecular complexity index is 1750. The van der Waals surface area contributed by atoms with Gasteiger partial charge in [0.05, 0.1) is 36.4 Å². The Balaban J connectivity index is 1.70. The van der Waals surface area contributed by atoms with Crippen molar-refractivity contribution in [2.45, 2.75) is 32.6 Å². The fourth-order valence-electron chi connectivity index (χ4n) is 6.37. The highest BCUT2D eigenvalue weighted by molar-refractivity contribution is 6.30. The lowest BCUT2D eigenvalue weighted by atomic mass is 9.91. The molecular formula is C37H33Cl2N3O4. The fourth-order valence-corrected chi connectivity index (χ4v) is 6.62. The van der Waals surface area contributed by atoms with E-state index in [-0.39, 0.29) is 6.61 Å². The van der Waals surface area contributed by atoms with Crippen molar-refractivity contribution >= 4 is 52.2 Å². The molecule has 1 spiro atoms. The molecule has 0 saturated heterocycles. The van der Waals surface area contributed by atoms with E-state index in [4.69, 9.17) is 32.7 Å². The van der Waals surface area contributed by atoms with E-state index in [1.165, 1.54) is 7.11 Å². The molecule has 2 heterocycles. The number of hydrogen-bond acceptors (Lipinski definition) is 7. The van der Waals surface area contributed by atoms with Crippen LogP contribution in [0.1, 0.15) is 25.0 Å². The number of halogens is 2. The standard InChI is InChI=1S/C37H33Cl2N3O4/c1-4-46-36(44)31-24-40(30-10-6-5-7-11-30)34(25(2)35(43)45-3)37(31)41(22-26-14-18-28(38)19-15-26)32-12-8-9-13-33(32)42(37)23-27-16-20-29(39)21-17-27/h5-21,24H,4,22-23H2,1-3H3/b34-25+. The van der Waals surface area contributed by atoms with Crippen molar-refractivity contribution < 1.29 is 19.1 Å². The summed E-state index contributed by atoms with van der Waals surface area (Å²) >= 11 is 12.6. The Hall–Kier alpha value is -4.72. The number of esters is 2. The molecule has 9 heteroatoms. The van der Waals surface area contributed by atoms with Crippen LogP contribution in [0, 0.1) is 0 Å². The van der Waals surface area contributed by atoms with Crippen molar-refractivity contribution in [2.75, 3.05) is 28.4 Å². The van der Waals surface area contributed by atoms with Crippen LogP contribution in [0.5, 0.6) is 0 Å². The normalized spacial score (nSPS) is 15.9. The van der Waals surface area contributed by atoms with Crippen LogP contribution in [0.2, 0.25) is 10.0 Å². The molecule has 2 aliphatic heterocycles. The van der Waals surface area contributed by atoms with Gasteiger partial charge in [0.15, 0.2) is 5.66 Å². The molecule has 0 aliphatic carbocycles. The van der Waals surface area contributed by atoms with Crippen LogP contribution in [0.3, 0.4) is 0 Å². The maximum Gasteiger partial charge on any atom is 0.340 e. The van der Waals surface area contributed by atoms with E-state index in [9.17, 15) is 9.59 Å². The number of anilines is 3. The third-order valence-corrected chi connectivity index (χ3v) is 8.84. The van der Waals surface area contributed by atoms with Crippen LogP contribution in [0.4, 0.5) is 17.1 Å². The van der Waals surface area contributed by atoms with Gasteiger partial charge in [0.25, 0.3) is 0 Å². The highest BCUT2D eigenvalue weighted by atomic mass is 35.5. The van der Waals surface area contributed by atoms with Gasteiger partial charge in [-0.3, -0.25) is 0 Å². The summed E-state index contributed by atoms with van der Waals surface area (Å²) in [7, 11) is 1.36. The molecule has 0 amide bonds. The predicted molar refractivity (Wildman–Crippen MR) is 183 cm³/mol. The van der Waals surface area contributed by atoms with E-state index in [0.29, 0.717) is 40.0 Å². The minimum absolute atomic E-state index is 0.175.